The number of rotatable bonds is 2. The Bertz CT molecular complexity index is 553. The molecule has 0 saturated carbocycles. The minimum atomic E-state index is 0.711. The summed E-state index contributed by atoms with van der Waals surface area (Å²) in [6.07, 6.45) is 3.98. The molecular weight excluding hydrogens is 399 g/mol. The summed E-state index contributed by atoms with van der Waals surface area (Å²) in [6, 6.07) is 11.3. The van der Waals surface area contributed by atoms with Crippen molar-refractivity contribution in [3.05, 3.63) is 66.5 Å². The third kappa shape index (κ3) is 3.61. The van der Waals surface area contributed by atoms with Gasteiger partial charge in [-0.2, -0.15) is 0 Å². The standard InChI is InChI=1S/C14H8Br2Cl2/c15-13-5-3-11(17)7-9(13)1-2-10-8-12(18)4-6-14(10)16/h1-8H/b2-1-. The van der Waals surface area contributed by atoms with Crippen molar-refractivity contribution in [2.24, 2.45) is 0 Å². The van der Waals surface area contributed by atoms with Crippen molar-refractivity contribution in [1.29, 1.82) is 0 Å². The van der Waals surface area contributed by atoms with Crippen molar-refractivity contribution in [1.82, 2.24) is 0 Å². The minimum absolute atomic E-state index is 0.711. The van der Waals surface area contributed by atoms with Crippen LogP contribution >= 0.6 is 55.1 Å². The second-order valence-electron chi connectivity index (χ2n) is 3.67. The fraction of sp³-hybridized carbons (Fsp3) is 0. The third-order valence-electron chi connectivity index (χ3n) is 2.36. The lowest BCUT2D eigenvalue weighted by molar-refractivity contribution is 1.58. The number of hydrogen-bond donors (Lipinski definition) is 0. The summed E-state index contributed by atoms with van der Waals surface area (Å²) >= 11 is 18.9. The molecule has 92 valence electrons. The molecule has 0 heterocycles. The second kappa shape index (κ2) is 6.25. The van der Waals surface area contributed by atoms with Crippen LogP contribution in [0.15, 0.2) is 45.3 Å². The summed E-state index contributed by atoms with van der Waals surface area (Å²) < 4.78 is 2.00. The monoisotopic (exact) mass is 404 g/mol. The predicted octanol–water partition coefficient (Wildman–Crippen LogP) is 6.69. The Morgan fingerprint density at radius 2 is 1.11 bits per heavy atom. The minimum Gasteiger partial charge on any atom is -0.0843 e. The molecular formula is C14H8Br2Cl2. The zero-order valence-corrected chi connectivity index (χ0v) is 13.8. The van der Waals surface area contributed by atoms with Crippen LogP contribution in [0.3, 0.4) is 0 Å². The highest BCUT2D eigenvalue weighted by molar-refractivity contribution is 9.10. The van der Waals surface area contributed by atoms with Crippen LogP contribution in [0.5, 0.6) is 0 Å². The van der Waals surface area contributed by atoms with Gasteiger partial charge in [0.25, 0.3) is 0 Å². The molecule has 0 radical (unpaired) electrons. The highest BCUT2D eigenvalue weighted by Crippen LogP contribution is 2.26. The first-order chi connectivity index (χ1) is 8.56. The van der Waals surface area contributed by atoms with E-state index in [1.807, 2.05) is 48.6 Å². The van der Waals surface area contributed by atoms with Crippen LogP contribution in [-0.2, 0) is 0 Å². The Kier molecular flexibility index (Phi) is 4.91. The van der Waals surface area contributed by atoms with Gasteiger partial charge < -0.3 is 0 Å². The van der Waals surface area contributed by atoms with Gasteiger partial charge in [0.1, 0.15) is 0 Å². The van der Waals surface area contributed by atoms with Gasteiger partial charge in [-0.05, 0) is 47.5 Å². The molecule has 0 unspecified atom stereocenters. The molecule has 2 aromatic rings. The molecule has 0 atom stereocenters. The summed E-state index contributed by atoms with van der Waals surface area (Å²) in [7, 11) is 0. The van der Waals surface area contributed by atoms with Gasteiger partial charge in [-0.1, -0.05) is 67.2 Å². The van der Waals surface area contributed by atoms with E-state index in [4.69, 9.17) is 23.2 Å². The maximum absolute atomic E-state index is 5.97. The third-order valence-corrected chi connectivity index (χ3v) is 4.27. The van der Waals surface area contributed by atoms with Crippen molar-refractivity contribution in [2.45, 2.75) is 0 Å². The Morgan fingerprint density at radius 1 is 0.722 bits per heavy atom. The molecule has 0 nitrogen and oxygen atoms in total. The van der Waals surface area contributed by atoms with Gasteiger partial charge >= 0.3 is 0 Å². The van der Waals surface area contributed by atoms with E-state index in [9.17, 15) is 0 Å². The van der Waals surface area contributed by atoms with E-state index in [0.29, 0.717) is 10.0 Å². The normalized spacial score (nSPS) is 11.1. The van der Waals surface area contributed by atoms with Crippen LogP contribution in [0.4, 0.5) is 0 Å². The van der Waals surface area contributed by atoms with E-state index < -0.39 is 0 Å². The predicted molar refractivity (Wildman–Crippen MR) is 87.2 cm³/mol. The van der Waals surface area contributed by atoms with Crippen LogP contribution in [0, 0.1) is 0 Å². The van der Waals surface area contributed by atoms with E-state index in [2.05, 4.69) is 31.9 Å². The second-order valence-corrected chi connectivity index (χ2v) is 6.25. The molecule has 0 spiro atoms. The van der Waals surface area contributed by atoms with E-state index in [1.54, 1.807) is 0 Å². The van der Waals surface area contributed by atoms with Crippen LogP contribution in [0.25, 0.3) is 12.2 Å². The van der Waals surface area contributed by atoms with Crippen LogP contribution in [0.1, 0.15) is 11.1 Å². The Labute approximate surface area is 133 Å². The van der Waals surface area contributed by atoms with Gasteiger partial charge in [-0.3, -0.25) is 0 Å². The summed E-state index contributed by atoms with van der Waals surface area (Å²) in [5.41, 5.74) is 2.05. The van der Waals surface area contributed by atoms with Gasteiger partial charge in [-0.15, -0.1) is 0 Å². The molecule has 0 aromatic heterocycles. The van der Waals surface area contributed by atoms with E-state index >= 15 is 0 Å². The molecule has 0 aliphatic carbocycles. The van der Waals surface area contributed by atoms with Gasteiger partial charge in [-0.25, -0.2) is 0 Å². The topological polar surface area (TPSA) is 0 Å². The van der Waals surface area contributed by atoms with Crippen molar-refractivity contribution >= 4 is 67.2 Å². The molecule has 0 bridgehead atoms. The van der Waals surface area contributed by atoms with Crippen molar-refractivity contribution in [2.75, 3.05) is 0 Å². The summed E-state index contributed by atoms with van der Waals surface area (Å²) in [5, 5.41) is 1.42. The molecule has 0 aliphatic rings. The average Bonchev–Trinajstić information content (AvgIpc) is 2.34. The van der Waals surface area contributed by atoms with Crippen LogP contribution < -0.4 is 0 Å². The van der Waals surface area contributed by atoms with E-state index in [1.165, 1.54) is 0 Å². The van der Waals surface area contributed by atoms with Crippen molar-refractivity contribution in [3.8, 4) is 0 Å². The molecule has 0 saturated heterocycles. The van der Waals surface area contributed by atoms with E-state index in [-0.39, 0.29) is 0 Å². The van der Waals surface area contributed by atoms with E-state index in [0.717, 1.165) is 20.1 Å². The Balaban J connectivity index is 2.35. The fourth-order valence-electron chi connectivity index (χ4n) is 1.46. The lowest BCUT2D eigenvalue weighted by atomic mass is 10.1. The lowest BCUT2D eigenvalue weighted by Crippen LogP contribution is -1.78. The molecule has 0 amide bonds. The van der Waals surface area contributed by atoms with Gasteiger partial charge in [0, 0.05) is 19.0 Å². The number of benzene rings is 2. The SMILES string of the molecule is Clc1ccc(Br)c(/C=C\c2cc(Cl)ccc2Br)c1. The average molecular weight is 407 g/mol. The summed E-state index contributed by atoms with van der Waals surface area (Å²) in [4.78, 5) is 0. The first-order valence-corrected chi connectivity index (χ1v) is 7.48. The molecule has 2 aromatic carbocycles. The molecule has 4 heteroatoms. The maximum Gasteiger partial charge on any atom is 0.0412 e. The Hall–Kier alpha value is -0.280. The first-order valence-electron chi connectivity index (χ1n) is 5.14. The van der Waals surface area contributed by atoms with Crippen LogP contribution in [-0.4, -0.2) is 0 Å². The smallest absolute Gasteiger partial charge is 0.0412 e. The summed E-state index contributed by atoms with van der Waals surface area (Å²) in [6.45, 7) is 0. The van der Waals surface area contributed by atoms with Gasteiger partial charge in [0.2, 0.25) is 0 Å². The lowest BCUT2D eigenvalue weighted by Gasteiger charge is -2.01. The number of halogens is 4. The highest BCUT2D eigenvalue weighted by atomic mass is 79.9. The quantitative estimate of drug-likeness (QED) is 0.487. The van der Waals surface area contributed by atoms with Crippen LogP contribution in [0.2, 0.25) is 10.0 Å². The largest absolute Gasteiger partial charge is 0.0843 e. The van der Waals surface area contributed by atoms with Crippen molar-refractivity contribution < 1.29 is 0 Å². The first kappa shape index (κ1) is 14.1. The number of hydrogen-bond acceptors (Lipinski definition) is 0. The molecule has 0 aliphatic heterocycles. The highest BCUT2D eigenvalue weighted by Gasteiger charge is 1.99. The Morgan fingerprint density at radius 3 is 1.50 bits per heavy atom. The molecule has 18 heavy (non-hydrogen) atoms. The molecule has 0 N–H and O–H groups in total. The fourth-order valence-corrected chi connectivity index (χ4v) is 2.58. The molecule has 0 fully saturated rings. The maximum atomic E-state index is 5.97. The zero-order valence-electron chi connectivity index (χ0n) is 9.13. The van der Waals surface area contributed by atoms with Gasteiger partial charge in [0.15, 0.2) is 0 Å². The van der Waals surface area contributed by atoms with Crippen molar-refractivity contribution in [3.63, 3.8) is 0 Å². The van der Waals surface area contributed by atoms with Gasteiger partial charge in [0.05, 0.1) is 0 Å². The zero-order chi connectivity index (χ0) is 13.1. The summed E-state index contributed by atoms with van der Waals surface area (Å²) in [5.74, 6) is 0. The molecule has 2 rings (SSSR count).